The maximum atomic E-state index is 5.86. The van der Waals surface area contributed by atoms with E-state index in [4.69, 9.17) is 9.57 Å². The average Bonchev–Trinajstić information content (AvgIpc) is 2.99. The van der Waals surface area contributed by atoms with Gasteiger partial charge in [0.05, 0.1) is 5.69 Å². The van der Waals surface area contributed by atoms with E-state index >= 15 is 0 Å². The molecule has 0 atom stereocenters. The van der Waals surface area contributed by atoms with Crippen LogP contribution in [0.15, 0.2) is 53.8 Å². The molecule has 0 aliphatic heterocycles. The summed E-state index contributed by atoms with van der Waals surface area (Å²) in [7, 11) is 1.50. The van der Waals surface area contributed by atoms with Crippen LogP contribution in [0.1, 0.15) is 17.1 Å². The zero-order valence-electron chi connectivity index (χ0n) is 12.6. The summed E-state index contributed by atoms with van der Waals surface area (Å²) in [5, 5.41) is 4.59. The second kappa shape index (κ2) is 6.97. The van der Waals surface area contributed by atoms with Gasteiger partial charge in [0.1, 0.15) is 24.4 Å². The molecule has 0 amide bonds. The Morgan fingerprint density at radius 2 is 1.96 bits per heavy atom. The highest BCUT2D eigenvalue weighted by Crippen LogP contribution is 2.28. The summed E-state index contributed by atoms with van der Waals surface area (Å²) in [6.45, 7) is 1.82. The Hall–Kier alpha value is -2.80. The quantitative estimate of drug-likeness (QED) is 0.531. The highest BCUT2D eigenvalue weighted by atomic mass is 32.1. The summed E-state index contributed by atoms with van der Waals surface area (Å²) >= 11 is 1.20. The molecule has 2 heterocycles. The molecule has 6 nitrogen and oxygen atoms in total. The number of benzene rings is 1. The number of oxime groups is 1. The van der Waals surface area contributed by atoms with Crippen LogP contribution in [-0.4, -0.2) is 27.2 Å². The molecule has 0 fully saturated rings. The molecule has 0 N–H and O–H groups in total. The summed E-state index contributed by atoms with van der Waals surface area (Å²) in [6.07, 6.45) is 1.71. The number of aromatic nitrogens is 3. The number of para-hydroxylation sites is 1. The zero-order chi connectivity index (χ0) is 16.1. The lowest BCUT2D eigenvalue weighted by Gasteiger charge is -2.10. The molecule has 0 spiro atoms. The van der Waals surface area contributed by atoms with Crippen LogP contribution in [0.2, 0.25) is 0 Å². The molecule has 1 aromatic carbocycles. The van der Waals surface area contributed by atoms with Gasteiger partial charge in [0.25, 0.3) is 5.19 Å². The predicted molar refractivity (Wildman–Crippen MR) is 88.0 cm³/mol. The molecule has 2 aromatic heterocycles. The molecule has 3 aromatic rings. The van der Waals surface area contributed by atoms with Gasteiger partial charge >= 0.3 is 0 Å². The van der Waals surface area contributed by atoms with E-state index < -0.39 is 0 Å². The van der Waals surface area contributed by atoms with E-state index in [1.54, 1.807) is 6.20 Å². The molecule has 7 heteroatoms. The van der Waals surface area contributed by atoms with Gasteiger partial charge in [-0.1, -0.05) is 23.4 Å². The molecule has 116 valence electrons. The Morgan fingerprint density at radius 3 is 2.65 bits per heavy atom. The standard InChI is InChI=1S/C16H14N4O2S/c1-11-18-16(23-20-11)22-14-9-4-3-7-12(14)15(19-21-2)13-8-5-6-10-17-13/h3-10H,1-2H3. The minimum Gasteiger partial charge on any atom is -0.429 e. The summed E-state index contributed by atoms with van der Waals surface area (Å²) in [4.78, 5) is 13.5. The van der Waals surface area contributed by atoms with Crippen molar-refractivity contribution < 1.29 is 9.57 Å². The van der Waals surface area contributed by atoms with Crippen LogP contribution >= 0.6 is 11.5 Å². The second-order valence-corrected chi connectivity index (χ2v) is 5.26. The van der Waals surface area contributed by atoms with Gasteiger partial charge in [0, 0.05) is 23.3 Å². The van der Waals surface area contributed by atoms with Crippen molar-refractivity contribution in [3.05, 3.63) is 65.7 Å². The second-order valence-electron chi connectivity index (χ2n) is 4.54. The minimum atomic E-state index is 0.479. The van der Waals surface area contributed by atoms with Crippen molar-refractivity contribution >= 4 is 17.2 Å². The lowest BCUT2D eigenvalue weighted by molar-refractivity contribution is 0.213. The van der Waals surface area contributed by atoms with Gasteiger partial charge in [-0.15, -0.1) is 0 Å². The first-order valence-electron chi connectivity index (χ1n) is 6.88. The van der Waals surface area contributed by atoms with Crippen LogP contribution in [0, 0.1) is 6.92 Å². The molecule has 0 aliphatic carbocycles. The first-order valence-corrected chi connectivity index (χ1v) is 7.65. The summed E-state index contributed by atoms with van der Waals surface area (Å²) in [6, 6.07) is 13.1. The maximum absolute atomic E-state index is 5.86. The van der Waals surface area contributed by atoms with Crippen LogP contribution in [-0.2, 0) is 4.84 Å². The number of pyridine rings is 1. The van der Waals surface area contributed by atoms with Gasteiger partial charge < -0.3 is 9.57 Å². The fraction of sp³-hybridized carbons (Fsp3) is 0.125. The predicted octanol–water partition coefficient (Wildman–Crippen LogP) is 3.43. The van der Waals surface area contributed by atoms with Crippen LogP contribution in [0.3, 0.4) is 0 Å². The molecular weight excluding hydrogens is 312 g/mol. The molecule has 0 radical (unpaired) electrons. The van der Waals surface area contributed by atoms with E-state index in [0.29, 0.717) is 28.2 Å². The van der Waals surface area contributed by atoms with Crippen LogP contribution in [0.4, 0.5) is 0 Å². The number of hydrogen-bond donors (Lipinski definition) is 0. The SMILES string of the molecule is CON=C(c1ccccn1)c1ccccc1Oc1nc(C)ns1. The fourth-order valence-corrected chi connectivity index (χ4v) is 2.54. The Kier molecular flexibility index (Phi) is 4.58. The van der Waals surface area contributed by atoms with E-state index in [1.807, 2.05) is 49.4 Å². The highest BCUT2D eigenvalue weighted by molar-refractivity contribution is 7.07. The molecule has 23 heavy (non-hydrogen) atoms. The Balaban J connectivity index is 2.02. The fourth-order valence-electron chi connectivity index (χ4n) is 1.99. The Labute approximate surface area is 137 Å². The summed E-state index contributed by atoms with van der Waals surface area (Å²) in [5.41, 5.74) is 2.05. The van der Waals surface area contributed by atoms with Crippen LogP contribution in [0.5, 0.6) is 10.9 Å². The zero-order valence-corrected chi connectivity index (χ0v) is 13.4. The Morgan fingerprint density at radius 1 is 1.13 bits per heavy atom. The van der Waals surface area contributed by atoms with Crippen molar-refractivity contribution in [2.24, 2.45) is 5.16 Å². The van der Waals surface area contributed by atoms with Crippen molar-refractivity contribution in [3.8, 4) is 10.9 Å². The van der Waals surface area contributed by atoms with Crippen molar-refractivity contribution in [3.63, 3.8) is 0 Å². The first kappa shape index (κ1) is 15.1. The lowest BCUT2D eigenvalue weighted by Crippen LogP contribution is -2.08. The van der Waals surface area contributed by atoms with Gasteiger partial charge in [-0.05, 0) is 31.2 Å². The summed E-state index contributed by atoms with van der Waals surface area (Å²) in [5.74, 6) is 1.29. The van der Waals surface area contributed by atoms with E-state index in [0.717, 1.165) is 5.56 Å². The van der Waals surface area contributed by atoms with Crippen molar-refractivity contribution in [1.29, 1.82) is 0 Å². The van der Waals surface area contributed by atoms with Crippen molar-refractivity contribution in [2.75, 3.05) is 7.11 Å². The number of ether oxygens (including phenoxy) is 1. The monoisotopic (exact) mass is 326 g/mol. The molecule has 0 aliphatic rings. The molecular formula is C16H14N4O2S. The number of hydrogen-bond acceptors (Lipinski definition) is 7. The first-order chi connectivity index (χ1) is 11.3. The Bertz CT molecular complexity index is 818. The van der Waals surface area contributed by atoms with Gasteiger partial charge in [0.2, 0.25) is 0 Å². The average molecular weight is 326 g/mol. The van der Waals surface area contributed by atoms with E-state index in [9.17, 15) is 0 Å². The van der Waals surface area contributed by atoms with Gasteiger partial charge in [0.15, 0.2) is 0 Å². The topological polar surface area (TPSA) is 69.5 Å². The number of aryl methyl sites for hydroxylation is 1. The van der Waals surface area contributed by atoms with E-state index in [-0.39, 0.29) is 0 Å². The van der Waals surface area contributed by atoms with Gasteiger partial charge in [-0.3, -0.25) is 4.98 Å². The molecule has 0 unspecified atom stereocenters. The van der Waals surface area contributed by atoms with Crippen molar-refractivity contribution in [2.45, 2.75) is 6.92 Å². The molecule has 0 saturated heterocycles. The minimum absolute atomic E-state index is 0.479. The van der Waals surface area contributed by atoms with E-state index in [2.05, 4.69) is 19.5 Å². The summed E-state index contributed by atoms with van der Waals surface area (Å²) < 4.78 is 9.98. The largest absolute Gasteiger partial charge is 0.429 e. The lowest BCUT2D eigenvalue weighted by atomic mass is 10.1. The molecule has 0 bridgehead atoms. The van der Waals surface area contributed by atoms with Crippen LogP contribution in [0.25, 0.3) is 0 Å². The van der Waals surface area contributed by atoms with Gasteiger partial charge in [-0.2, -0.15) is 9.36 Å². The third-order valence-electron chi connectivity index (χ3n) is 2.94. The molecule has 0 saturated carbocycles. The van der Waals surface area contributed by atoms with Gasteiger partial charge in [-0.25, -0.2) is 0 Å². The number of nitrogens with zero attached hydrogens (tertiary/aromatic N) is 4. The smallest absolute Gasteiger partial charge is 0.298 e. The normalized spacial score (nSPS) is 11.3. The maximum Gasteiger partial charge on any atom is 0.298 e. The molecule has 3 rings (SSSR count). The third kappa shape index (κ3) is 3.51. The van der Waals surface area contributed by atoms with Crippen LogP contribution < -0.4 is 4.74 Å². The van der Waals surface area contributed by atoms with Crippen molar-refractivity contribution in [1.82, 2.24) is 14.3 Å². The third-order valence-corrected chi connectivity index (χ3v) is 3.62. The number of rotatable bonds is 5. The van der Waals surface area contributed by atoms with E-state index in [1.165, 1.54) is 18.6 Å². The highest BCUT2D eigenvalue weighted by Gasteiger charge is 2.16.